The minimum absolute atomic E-state index is 0.193. The van der Waals surface area contributed by atoms with Crippen molar-refractivity contribution in [3.8, 4) is 5.75 Å². The first-order chi connectivity index (χ1) is 12.8. The normalized spacial score (nSPS) is 11.4. The van der Waals surface area contributed by atoms with Gasteiger partial charge in [0.15, 0.2) is 0 Å². The van der Waals surface area contributed by atoms with E-state index in [1.165, 1.54) is 13.2 Å². The van der Waals surface area contributed by atoms with Crippen molar-refractivity contribution in [2.24, 2.45) is 7.05 Å². The summed E-state index contributed by atoms with van der Waals surface area (Å²) in [6, 6.07) is 12.7. The molecule has 2 N–H and O–H groups in total. The number of aryl methyl sites for hydroxylation is 1. The number of benzene rings is 2. The van der Waals surface area contributed by atoms with Gasteiger partial charge >= 0.3 is 0 Å². The summed E-state index contributed by atoms with van der Waals surface area (Å²) < 4.78 is 32.6. The van der Waals surface area contributed by atoms with Gasteiger partial charge in [-0.3, -0.25) is 9.52 Å². The highest BCUT2D eigenvalue weighted by atomic mass is 32.2. The lowest BCUT2D eigenvalue weighted by Crippen LogP contribution is -2.15. The summed E-state index contributed by atoms with van der Waals surface area (Å²) in [6.45, 7) is 0. The van der Waals surface area contributed by atoms with Crippen LogP contribution in [0.3, 0.4) is 0 Å². The molecular formula is C19H21N3O4S. The Hall–Kier alpha value is -3.00. The number of amides is 1. The molecule has 3 aromatic rings. The Morgan fingerprint density at radius 3 is 2.63 bits per heavy atom. The third-order valence-corrected chi connectivity index (χ3v) is 4.70. The first-order valence-electron chi connectivity index (χ1n) is 8.25. The lowest BCUT2D eigenvalue weighted by molar-refractivity contribution is -0.115. The van der Waals surface area contributed by atoms with Gasteiger partial charge < -0.3 is 14.6 Å². The van der Waals surface area contributed by atoms with E-state index in [-0.39, 0.29) is 18.0 Å². The number of hydrogen-bond donors (Lipinski definition) is 2. The smallest absolute Gasteiger partial charge is 0.229 e. The van der Waals surface area contributed by atoms with Crippen molar-refractivity contribution in [3.63, 3.8) is 0 Å². The molecule has 0 fully saturated rings. The fourth-order valence-corrected chi connectivity index (χ4v) is 3.57. The van der Waals surface area contributed by atoms with E-state index in [2.05, 4.69) is 10.0 Å². The summed E-state index contributed by atoms with van der Waals surface area (Å²) in [4.78, 5) is 12.5. The van der Waals surface area contributed by atoms with Gasteiger partial charge in [0.1, 0.15) is 5.75 Å². The molecule has 2 aromatic carbocycles. The number of anilines is 2. The summed E-state index contributed by atoms with van der Waals surface area (Å²) in [5, 5.41) is 3.84. The van der Waals surface area contributed by atoms with Crippen LogP contribution in [0.25, 0.3) is 10.9 Å². The number of hydrogen-bond acceptors (Lipinski definition) is 4. The molecule has 0 saturated carbocycles. The molecule has 1 aromatic heterocycles. The Balaban J connectivity index is 1.80. The highest BCUT2D eigenvalue weighted by Crippen LogP contribution is 2.29. The molecule has 0 aliphatic rings. The number of nitrogens with one attached hydrogen (secondary N) is 2. The molecule has 0 spiro atoms. The molecule has 142 valence electrons. The Morgan fingerprint density at radius 2 is 1.93 bits per heavy atom. The van der Waals surface area contributed by atoms with Crippen LogP contribution < -0.4 is 14.8 Å². The van der Waals surface area contributed by atoms with Crippen molar-refractivity contribution in [2.45, 2.75) is 6.42 Å². The van der Waals surface area contributed by atoms with Gasteiger partial charge in [-0.2, -0.15) is 0 Å². The SMILES string of the molecule is COc1ccc(NC(=O)Cc2cn(C)c3ccccc23)cc1NS(C)(=O)=O. The van der Waals surface area contributed by atoms with E-state index in [9.17, 15) is 13.2 Å². The zero-order valence-corrected chi connectivity index (χ0v) is 16.1. The number of para-hydroxylation sites is 1. The molecule has 0 radical (unpaired) electrons. The highest BCUT2D eigenvalue weighted by Gasteiger charge is 2.13. The molecule has 0 saturated heterocycles. The molecule has 0 bridgehead atoms. The van der Waals surface area contributed by atoms with Crippen molar-refractivity contribution in [3.05, 3.63) is 54.2 Å². The summed E-state index contributed by atoms with van der Waals surface area (Å²) in [5.41, 5.74) is 2.73. The molecular weight excluding hydrogens is 366 g/mol. The minimum atomic E-state index is -3.47. The summed E-state index contributed by atoms with van der Waals surface area (Å²) in [6.07, 6.45) is 3.20. The van der Waals surface area contributed by atoms with Crippen LogP contribution in [0.5, 0.6) is 5.75 Å². The maximum absolute atomic E-state index is 12.5. The summed E-state index contributed by atoms with van der Waals surface area (Å²) in [7, 11) is -0.0838. The van der Waals surface area contributed by atoms with Crippen LogP contribution in [0.4, 0.5) is 11.4 Å². The second kappa shape index (κ2) is 7.32. The molecule has 8 heteroatoms. The van der Waals surface area contributed by atoms with Gasteiger partial charge in [0.2, 0.25) is 15.9 Å². The van der Waals surface area contributed by atoms with E-state index in [0.717, 1.165) is 22.7 Å². The van der Waals surface area contributed by atoms with Crippen LogP contribution >= 0.6 is 0 Å². The van der Waals surface area contributed by atoms with Crippen molar-refractivity contribution < 1.29 is 17.9 Å². The molecule has 7 nitrogen and oxygen atoms in total. The lowest BCUT2D eigenvalue weighted by Gasteiger charge is -2.12. The minimum Gasteiger partial charge on any atom is -0.495 e. The van der Waals surface area contributed by atoms with E-state index in [1.807, 2.05) is 42.1 Å². The van der Waals surface area contributed by atoms with Gasteiger partial charge in [-0.05, 0) is 29.8 Å². The Kier molecular flexibility index (Phi) is 5.09. The van der Waals surface area contributed by atoms with E-state index in [4.69, 9.17) is 4.74 Å². The topological polar surface area (TPSA) is 89.4 Å². The molecule has 27 heavy (non-hydrogen) atoms. The van der Waals surface area contributed by atoms with Gasteiger partial charge in [0.25, 0.3) is 0 Å². The lowest BCUT2D eigenvalue weighted by atomic mass is 10.1. The molecule has 0 aliphatic carbocycles. The summed E-state index contributed by atoms with van der Waals surface area (Å²) in [5.74, 6) is 0.175. The number of methoxy groups -OCH3 is 1. The third-order valence-electron chi connectivity index (χ3n) is 4.11. The second-order valence-electron chi connectivity index (χ2n) is 6.30. The molecule has 3 rings (SSSR count). The number of aromatic nitrogens is 1. The Bertz CT molecular complexity index is 1100. The predicted octanol–water partition coefficient (Wildman–Crippen LogP) is 2.74. The van der Waals surface area contributed by atoms with Gasteiger partial charge in [-0.15, -0.1) is 0 Å². The van der Waals surface area contributed by atoms with Gasteiger partial charge in [0, 0.05) is 29.8 Å². The summed E-state index contributed by atoms with van der Waals surface area (Å²) >= 11 is 0. The van der Waals surface area contributed by atoms with Crippen LogP contribution in [0.1, 0.15) is 5.56 Å². The largest absolute Gasteiger partial charge is 0.495 e. The number of ether oxygens (including phenoxy) is 1. The first kappa shape index (κ1) is 18.8. The maximum atomic E-state index is 12.5. The standard InChI is InChI=1S/C19H21N3O4S/c1-22-12-13(15-6-4-5-7-17(15)22)10-19(23)20-14-8-9-18(26-2)16(11-14)21-27(3,24)25/h4-9,11-12,21H,10H2,1-3H3,(H,20,23). The van der Waals surface area contributed by atoms with Crippen LogP contribution in [0, 0.1) is 0 Å². The number of nitrogens with zero attached hydrogens (tertiary/aromatic N) is 1. The third kappa shape index (κ3) is 4.40. The van der Waals surface area contributed by atoms with Crippen molar-refractivity contribution in [1.82, 2.24) is 4.57 Å². The van der Waals surface area contributed by atoms with Crippen LogP contribution in [0.2, 0.25) is 0 Å². The van der Waals surface area contributed by atoms with Crippen molar-refractivity contribution >= 4 is 38.2 Å². The first-order valence-corrected chi connectivity index (χ1v) is 10.1. The number of sulfonamides is 1. The Labute approximate surface area is 158 Å². The molecule has 1 amide bonds. The van der Waals surface area contributed by atoms with Crippen LogP contribution in [0.15, 0.2) is 48.7 Å². The average molecular weight is 387 g/mol. The number of carbonyl (C=O) groups excluding carboxylic acids is 1. The van der Waals surface area contributed by atoms with Crippen LogP contribution in [-0.4, -0.2) is 32.3 Å². The fourth-order valence-electron chi connectivity index (χ4n) is 3.01. The van der Waals surface area contributed by atoms with Crippen molar-refractivity contribution in [2.75, 3.05) is 23.4 Å². The highest BCUT2D eigenvalue weighted by molar-refractivity contribution is 7.92. The maximum Gasteiger partial charge on any atom is 0.229 e. The molecule has 0 atom stereocenters. The number of rotatable bonds is 6. The van der Waals surface area contributed by atoms with E-state index in [1.54, 1.807) is 12.1 Å². The zero-order valence-electron chi connectivity index (χ0n) is 15.3. The fraction of sp³-hybridized carbons (Fsp3) is 0.211. The van der Waals surface area contributed by atoms with Crippen LogP contribution in [-0.2, 0) is 28.3 Å². The van der Waals surface area contributed by atoms with E-state index in [0.29, 0.717) is 11.4 Å². The quantitative estimate of drug-likeness (QED) is 0.681. The second-order valence-corrected chi connectivity index (χ2v) is 8.05. The van der Waals surface area contributed by atoms with E-state index < -0.39 is 10.0 Å². The molecule has 0 unspecified atom stereocenters. The molecule has 0 aliphatic heterocycles. The van der Waals surface area contributed by atoms with Gasteiger partial charge in [-0.1, -0.05) is 18.2 Å². The molecule has 1 heterocycles. The monoisotopic (exact) mass is 387 g/mol. The zero-order chi connectivity index (χ0) is 19.6. The Morgan fingerprint density at radius 1 is 1.19 bits per heavy atom. The van der Waals surface area contributed by atoms with Crippen molar-refractivity contribution in [1.29, 1.82) is 0 Å². The van der Waals surface area contributed by atoms with Gasteiger partial charge in [-0.25, -0.2) is 8.42 Å². The number of carbonyl (C=O) groups is 1. The van der Waals surface area contributed by atoms with E-state index >= 15 is 0 Å². The number of fused-ring (bicyclic) bond motifs is 1. The van der Waals surface area contributed by atoms with Gasteiger partial charge in [0.05, 0.1) is 25.5 Å². The predicted molar refractivity (Wildman–Crippen MR) is 107 cm³/mol. The average Bonchev–Trinajstić information content (AvgIpc) is 2.90.